The van der Waals surface area contributed by atoms with Crippen LogP contribution in [0.1, 0.15) is 34.7 Å². The first-order valence-electron chi connectivity index (χ1n) is 10.2. The van der Waals surface area contributed by atoms with Crippen molar-refractivity contribution in [2.24, 2.45) is 0 Å². The average Bonchev–Trinajstić information content (AvgIpc) is 3.48. The SMILES string of the molecule is C=C(CC(c1ccc(CCc2cccc(SO)c2)cc1)c1ccon1)N1CCOC1=O. The molecular formula is C24H24N2O4S. The molecule has 1 aliphatic heterocycles. The second-order valence-corrected chi connectivity index (χ2v) is 8.15. The van der Waals surface area contributed by atoms with Gasteiger partial charge in [0.2, 0.25) is 0 Å². The number of amides is 1. The van der Waals surface area contributed by atoms with E-state index in [0.29, 0.717) is 25.3 Å². The molecule has 3 aromatic rings. The van der Waals surface area contributed by atoms with Crippen LogP contribution >= 0.6 is 12.0 Å². The first-order valence-corrected chi connectivity index (χ1v) is 10.9. The van der Waals surface area contributed by atoms with E-state index in [9.17, 15) is 9.35 Å². The summed E-state index contributed by atoms with van der Waals surface area (Å²) in [4.78, 5) is 14.3. The third-order valence-corrected chi connectivity index (χ3v) is 5.95. The van der Waals surface area contributed by atoms with Gasteiger partial charge in [0.05, 0.1) is 12.2 Å². The fraction of sp³-hybridized carbons (Fsp3) is 0.250. The fourth-order valence-electron chi connectivity index (χ4n) is 3.78. The van der Waals surface area contributed by atoms with Gasteiger partial charge < -0.3 is 13.8 Å². The van der Waals surface area contributed by atoms with E-state index in [0.717, 1.165) is 41.0 Å². The summed E-state index contributed by atoms with van der Waals surface area (Å²) in [6, 6.07) is 18.2. The normalized spacial score (nSPS) is 14.5. The summed E-state index contributed by atoms with van der Waals surface area (Å²) in [5.41, 5.74) is 5.02. The third-order valence-electron chi connectivity index (χ3n) is 5.49. The fourth-order valence-corrected chi connectivity index (χ4v) is 4.13. The predicted octanol–water partition coefficient (Wildman–Crippen LogP) is 5.51. The maximum Gasteiger partial charge on any atom is 0.414 e. The van der Waals surface area contributed by atoms with Crippen molar-refractivity contribution in [1.82, 2.24) is 10.1 Å². The third kappa shape index (κ3) is 5.18. The Morgan fingerprint density at radius 1 is 1.16 bits per heavy atom. The van der Waals surface area contributed by atoms with Crippen LogP contribution in [-0.2, 0) is 17.6 Å². The Kier molecular flexibility index (Phi) is 6.74. The van der Waals surface area contributed by atoms with Crippen LogP contribution in [0.2, 0.25) is 0 Å². The number of aromatic nitrogens is 1. The monoisotopic (exact) mass is 436 g/mol. The zero-order valence-electron chi connectivity index (χ0n) is 17.1. The highest BCUT2D eigenvalue weighted by Crippen LogP contribution is 2.32. The number of allylic oxidation sites excluding steroid dienone is 1. The smallest absolute Gasteiger partial charge is 0.414 e. The maximum absolute atomic E-state index is 11.9. The Hall–Kier alpha value is -3.03. The topological polar surface area (TPSA) is 75.8 Å². The van der Waals surface area contributed by atoms with E-state index >= 15 is 0 Å². The predicted molar refractivity (Wildman–Crippen MR) is 119 cm³/mol. The van der Waals surface area contributed by atoms with Crippen molar-refractivity contribution in [3.05, 3.63) is 95.5 Å². The molecule has 7 heteroatoms. The first kappa shape index (κ1) is 21.2. The summed E-state index contributed by atoms with van der Waals surface area (Å²) >= 11 is 0.769. The Morgan fingerprint density at radius 3 is 2.65 bits per heavy atom. The van der Waals surface area contributed by atoms with Crippen molar-refractivity contribution in [1.29, 1.82) is 0 Å². The van der Waals surface area contributed by atoms with Crippen molar-refractivity contribution in [3.8, 4) is 0 Å². The van der Waals surface area contributed by atoms with Gasteiger partial charge in [0.25, 0.3) is 0 Å². The number of hydrogen-bond acceptors (Lipinski definition) is 6. The van der Waals surface area contributed by atoms with Crippen LogP contribution in [0.3, 0.4) is 0 Å². The zero-order valence-corrected chi connectivity index (χ0v) is 17.9. The molecule has 2 heterocycles. The first-order chi connectivity index (χ1) is 15.1. The molecule has 4 rings (SSSR count). The molecule has 160 valence electrons. The Labute approximate surface area is 185 Å². The van der Waals surface area contributed by atoms with Gasteiger partial charge in [-0.1, -0.05) is 48.1 Å². The van der Waals surface area contributed by atoms with E-state index in [4.69, 9.17) is 9.26 Å². The molecule has 31 heavy (non-hydrogen) atoms. The van der Waals surface area contributed by atoms with Gasteiger partial charge in [-0.15, -0.1) is 0 Å². The summed E-state index contributed by atoms with van der Waals surface area (Å²) < 4.78 is 19.3. The number of nitrogens with zero attached hydrogens (tertiary/aromatic N) is 2. The summed E-state index contributed by atoms with van der Waals surface area (Å²) in [6.07, 6.45) is 3.56. The molecule has 0 spiro atoms. The molecule has 1 aliphatic rings. The van der Waals surface area contributed by atoms with Gasteiger partial charge in [0.1, 0.15) is 12.9 Å². The van der Waals surface area contributed by atoms with Crippen LogP contribution in [-0.4, -0.2) is 33.9 Å². The van der Waals surface area contributed by atoms with Gasteiger partial charge in [-0.2, -0.15) is 0 Å². The number of rotatable bonds is 9. The van der Waals surface area contributed by atoms with Crippen molar-refractivity contribution >= 4 is 18.1 Å². The molecule has 1 fully saturated rings. The van der Waals surface area contributed by atoms with Gasteiger partial charge in [0.15, 0.2) is 0 Å². The van der Waals surface area contributed by atoms with Crippen molar-refractivity contribution in [2.75, 3.05) is 13.2 Å². The standard InChI is InChI=1S/C24H24N2O4S/c1-17(26-12-14-29-24(26)27)15-22(23-11-13-30-25-23)20-9-7-18(8-10-20)5-6-19-3-2-4-21(16-19)31-28/h2-4,7-11,13,16,22,28H,1,5-6,12,14-15H2. The molecule has 0 aliphatic carbocycles. The van der Waals surface area contributed by atoms with E-state index in [1.807, 2.05) is 24.3 Å². The van der Waals surface area contributed by atoms with Gasteiger partial charge in [-0.25, -0.2) is 4.79 Å². The highest BCUT2D eigenvalue weighted by atomic mass is 32.2. The van der Waals surface area contributed by atoms with E-state index in [1.165, 1.54) is 11.1 Å². The molecule has 1 aromatic heterocycles. The Morgan fingerprint density at radius 2 is 1.97 bits per heavy atom. The highest BCUT2D eigenvalue weighted by molar-refractivity contribution is 7.93. The average molecular weight is 437 g/mol. The lowest BCUT2D eigenvalue weighted by molar-refractivity contribution is 0.163. The van der Waals surface area contributed by atoms with E-state index in [2.05, 4.69) is 42.1 Å². The molecule has 1 amide bonds. The van der Waals surface area contributed by atoms with Crippen LogP contribution in [0.5, 0.6) is 0 Å². The van der Waals surface area contributed by atoms with E-state index in [1.54, 1.807) is 11.2 Å². The molecule has 1 N–H and O–H groups in total. The Balaban J connectivity index is 1.46. The molecule has 0 bridgehead atoms. The minimum Gasteiger partial charge on any atom is -0.447 e. The van der Waals surface area contributed by atoms with Crippen LogP contribution in [0.15, 0.2) is 82.6 Å². The lowest BCUT2D eigenvalue weighted by atomic mass is 9.90. The minimum absolute atomic E-state index is 0.0630. The van der Waals surface area contributed by atoms with Gasteiger partial charge in [0, 0.05) is 34.6 Å². The van der Waals surface area contributed by atoms with Crippen LogP contribution in [0.4, 0.5) is 4.79 Å². The quantitative estimate of drug-likeness (QED) is 0.446. The minimum atomic E-state index is -0.345. The molecule has 2 aromatic carbocycles. The number of carbonyl (C=O) groups is 1. The van der Waals surface area contributed by atoms with E-state index < -0.39 is 0 Å². The van der Waals surface area contributed by atoms with Crippen LogP contribution in [0, 0.1) is 0 Å². The molecule has 1 atom stereocenters. The summed E-state index contributed by atoms with van der Waals surface area (Å²) in [5, 5.41) is 4.13. The lowest BCUT2D eigenvalue weighted by Crippen LogP contribution is -2.24. The van der Waals surface area contributed by atoms with Crippen LogP contribution in [0.25, 0.3) is 0 Å². The van der Waals surface area contributed by atoms with Gasteiger partial charge in [-0.05, 0) is 48.1 Å². The second kappa shape index (κ2) is 9.85. The number of cyclic esters (lactones) is 1. The number of ether oxygens (including phenoxy) is 1. The highest BCUT2D eigenvalue weighted by Gasteiger charge is 2.27. The summed E-state index contributed by atoms with van der Waals surface area (Å²) in [6.45, 7) is 5.02. The molecule has 0 radical (unpaired) electrons. The molecular weight excluding hydrogens is 412 g/mol. The molecule has 1 unspecified atom stereocenters. The number of carbonyl (C=O) groups excluding carboxylic acids is 1. The van der Waals surface area contributed by atoms with Gasteiger partial charge in [-0.3, -0.25) is 4.90 Å². The van der Waals surface area contributed by atoms with Crippen LogP contribution < -0.4 is 0 Å². The maximum atomic E-state index is 11.9. The summed E-state index contributed by atoms with van der Waals surface area (Å²) in [5.74, 6) is -0.0630. The van der Waals surface area contributed by atoms with Crippen molar-refractivity contribution in [3.63, 3.8) is 0 Å². The number of hydrogen-bond donors (Lipinski definition) is 1. The molecule has 6 nitrogen and oxygen atoms in total. The van der Waals surface area contributed by atoms with E-state index in [-0.39, 0.29) is 12.0 Å². The van der Waals surface area contributed by atoms with Gasteiger partial charge >= 0.3 is 6.09 Å². The molecule has 0 saturated carbocycles. The van der Waals surface area contributed by atoms with Crippen molar-refractivity contribution < 1.29 is 18.6 Å². The second-order valence-electron chi connectivity index (χ2n) is 7.49. The zero-order chi connectivity index (χ0) is 21.6. The number of aryl methyl sites for hydroxylation is 2. The summed E-state index contributed by atoms with van der Waals surface area (Å²) in [7, 11) is 0. The Bertz CT molecular complexity index is 1030. The number of benzene rings is 2. The van der Waals surface area contributed by atoms with Crippen molar-refractivity contribution in [2.45, 2.75) is 30.1 Å². The molecule has 1 saturated heterocycles. The largest absolute Gasteiger partial charge is 0.447 e. The lowest BCUT2D eigenvalue weighted by Gasteiger charge is -2.21.